The molecule has 5 heteroatoms. The van der Waals surface area contributed by atoms with Crippen molar-refractivity contribution in [2.75, 3.05) is 7.11 Å². The van der Waals surface area contributed by atoms with Gasteiger partial charge < -0.3 is 14.2 Å². The van der Waals surface area contributed by atoms with Crippen LogP contribution in [0.5, 0.6) is 11.5 Å². The number of carbonyl (C=O) groups is 1. The molecular formula is C16H23ClO4. The average molecular weight is 315 g/mol. The molecule has 0 atom stereocenters. The van der Waals surface area contributed by atoms with E-state index in [-0.39, 0.29) is 24.6 Å². The van der Waals surface area contributed by atoms with E-state index in [0.717, 1.165) is 5.56 Å². The second-order valence-electron chi connectivity index (χ2n) is 5.30. The molecule has 0 aliphatic rings. The summed E-state index contributed by atoms with van der Waals surface area (Å²) >= 11 is 6.23. The van der Waals surface area contributed by atoms with Crippen molar-refractivity contribution in [3.63, 3.8) is 0 Å². The van der Waals surface area contributed by atoms with Gasteiger partial charge in [-0.25, -0.2) is 0 Å². The van der Waals surface area contributed by atoms with Crippen LogP contribution in [0.4, 0.5) is 0 Å². The van der Waals surface area contributed by atoms with Crippen LogP contribution in [0.3, 0.4) is 0 Å². The number of hydrogen-bond donors (Lipinski definition) is 0. The maximum atomic E-state index is 11.3. The van der Waals surface area contributed by atoms with E-state index < -0.39 is 0 Å². The molecule has 0 fully saturated rings. The number of rotatable bonds is 7. The zero-order valence-corrected chi connectivity index (χ0v) is 14.0. The van der Waals surface area contributed by atoms with Gasteiger partial charge in [0.25, 0.3) is 0 Å². The summed E-state index contributed by atoms with van der Waals surface area (Å²) < 4.78 is 16.1. The number of carbonyl (C=O) groups excluding carboxylic acids is 1. The maximum absolute atomic E-state index is 11.3. The van der Waals surface area contributed by atoms with Gasteiger partial charge in [0.2, 0.25) is 0 Å². The van der Waals surface area contributed by atoms with Gasteiger partial charge in [0.05, 0.1) is 24.3 Å². The van der Waals surface area contributed by atoms with Crippen LogP contribution in [0, 0.1) is 0 Å². The van der Waals surface area contributed by atoms with Gasteiger partial charge in [0.15, 0.2) is 0 Å². The van der Waals surface area contributed by atoms with E-state index in [1.54, 1.807) is 12.1 Å². The lowest BCUT2D eigenvalue weighted by molar-refractivity contribution is -0.140. The van der Waals surface area contributed by atoms with Crippen LogP contribution in [0.2, 0.25) is 5.02 Å². The molecule has 4 nitrogen and oxygen atoms in total. The molecule has 1 aromatic carbocycles. The fourth-order valence-corrected chi connectivity index (χ4v) is 2.05. The summed E-state index contributed by atoms with van der Waals surface area (Å²) in [5.74, 6) is 1.02. The predicted molar refractivity (Wildman–Crippen MR) is 83.3 cm³/mol. The van der Waals surface area contributed by atoms with Gasteiger partial charge in [-0.2, -0.15) is 0 Å². The molecule has 0 unspecified atom stereocenters. The molecule has 1 rings (SSSR count). The number of hydrogen-bond acceptors (Lipinski definition) is 4. The third kappa shape index (κ3) is 5.84. The van der Waals surface area contributed by atoms with Gasteiger partial charge in [-0.3, -0.25) is 4.79 Å². The van der Waals surface area contributed by atoms with Crippen molar-refractivity contribution in [1.82, 2.24) is 0 Å². The third-order valence-corrected chi connectivity index (χ3v) is 2.96. The van der Waals surface area contributed by atoms with Crippen molar-refractivity contribution in [1.29, 1.82) is 0 Å². The summed E-state index contributed by atoms with van der Waals surface area (Å²) in [4.78, 5) is 11.3. The zero-order valence-electron chi connectivity index (χ0n) is 13.2. The van der Waals surface area contributed by atoms with E-state index in [1.807, 2.05) is 27.7 Å². The largest absolute Gasteiger partial charge is 0.491 e. The summed E-state index contributed by atoms with van der Waals surface area (Å²) in [6.45, 7) is 7.76. The Morgan fingerprint density at radius 1 is 1.10 bits per heavy atom. The van der Waals surface area contributed by atoms with Crippen molar-refractivity contribution >= 4 is 17.6 Å². The van der Waals surface area contributed by atoms with Crippen molar-refractivity contribution in [3.05, 3.63) is 22.7 Å². The van der Waals surface area contributed by atoms with Crippen molar-refractivity contribution in [2.45, 2.75) is 52.7 Å². The molecule has 0 saturated carbocycles. The number of aryl methyl sites for hydroxylation is 1. The molecule has 0 radical (unpaired) electrons. The highest BCUT2D eigenvalue weighted by atomic mass is 35.5. The molecule has 0 aromatic heterocycles. The number of methoxy groups -OCH3 is 1. The Bertz CT molecular complexity index is 483. The van der Waals surface area contributed by atoms with Gasteiger partial charge >= 0.3 is 5.97 Å². The quantitative estimate of drug-likeness (QED) is 0.713. The normalized spacial score (nSPS) is 10.9. The monoisotopic (exact) mass is 314 g/mol. The minimum Gasteiger partial charge on any atom is -0.491 e. The topological polar surface area (TPSA) is 44.8 Å². The zero-order chi connectivity index (χ0) is 16.0. The van der Waals surface area contributed by atoms with Gasteiger partial charge in [-0.1, -0.05) is 11.6 Å². The Labute approximate surface area is 131 Å². The number of esters is 1. The average Bonchev–Trinajstić information content (AvgIpc) is 2.39. The van der Waals surface area contributed by atoms with Gasteiger partial charge in [-0.05, 0) is 45.7 Å². The Balaban J connectivity index is 3.03. The highest BCUT2D eigenvalue weighted by Crippen LogP contribution is 2.34. The van der Waals surface area contributed by atoms with E-state index in [1.165, 1.54) is 7.11 Å². The molecule has 0 heterocycles. The Hall–Kier alpha value is -1.42. The number of benzene rings is 1. The standard InChI is InChI=1S/C16H23ClO4/c1-10(2)20-14-9-15(21-11(3)4)13(17)8-12(14)6-7-16(18)19-5/h8-11H,6-7H2,1-5H3. The summed E-state index contributed by atoms with van der Waals surface area (Å²) in [6, 6.07) is 3.58. The molecular weight excluding hydrogens is 292 g/mol. The van der Waals surface area contributed by atoms with Crippen LogP contribution >= 0.6 is 11.6 Å². The molecule has 0 saturated heterocycles. The third-order valence-electron chi connectivity index (χ3n) is 2.67. The lowest BCUT2D eigenvalue weighted by atomic mass is 10.1. The molecule has 118 valence electrons. The minimum absolute atomic E-state index is 0.0231. The molecule has 0 aliphatic carbocycles. The second-order valence-corrected chi connectivity index (χ2v) is 5.71. The summed E-state index contributed by atoms with van der Waals surface area (Å²) in [7, 11) is 1.38. The van der Waals surface area contributed by atoms with Gasteiger partial charge in [-0.15, -0.1) is 0 Å². The van der Waals surface area contributed by atoms with Crippen LogP contribution in [0.1, 0.15) is 39.7 Å². The lowest BCUT2D eigenvalue weighted by Crippen LogP contribution is -2.11. The van der Waals surface area contributed by atoms with E-state index in [2.05, 4.69) is 4.74 Å². The number of ether oxygens (including phenoxy) is 3. The van der Waals surface area contributed by atoms with Crippen LogP contribution in [0.15, 0.2) is 12.1 Å². The second kappa shape index (κ2) is 8.13. The van der Waals surface area contributed by atoms with Crippen LogP contribution in [-0.2, 0) is 16.0 Å². The smallest absolute Gasteiger partial charge is 0.305 e. The van der Waals surface area contributed by atoms with Crippen LogP contribution in [-0.4, -0.2) is 25.3 Å². The summed E-state index contributed by atoms with van der Waals surface area (Å²) in [5.41, 5.74) is 0.871. The predicted octanol–water partition coefficient (Wildman–Crippen LogP) is 4.02. The first-order valence-electron chi connectivity index (χ1n) is 7.06. The first kappa shape index (κ1) is 17.6. The molecule has 0 amide bonds. The Morgan fingerprint density at radius 3 is 2.19 bits per heavy atom. The molecule has 0 aliphatic heterocycles. The van der Waals surface area contributed by atoms with E-state index in [9.17, 15) is 4.79 Å². The maximum Gasteiger partial charge on any atom is 0.305 e. The Morgan fingerprint density at radius 2 is 1.67 bits per heavy atom. The van der Waals surface area contributed by atoms with E-state index >= 15 is 0 Å². The summed E-state index contributed by atoms with van der Waals surface area (Å²) in [6.07, 6.45) is 0.840. The van der Waals surface area contributed by atoms with Gasteiger partial charge in [0.1, 0.15) is 11.5 Å². The van der Waals surface area contributed by atoms with E-state index in [4.69, 9.17) is 21.1 Å². The van der Waals surface area contributed by atoms with Crippen molar-refractivity contribution in [3.8, 4) is 11.5 Å². The van der Waals surface area contributed by atoms with Gasteiger partial charge in [0, 0.05) is 12.5 Å². The van der Waals surface area contributed by atoms with E-state index in [0.29, 0.717) is 22.9 Å². The Kier molecular flexibility index (Phi) is 6.82. The van der Waals surface area contributed by atoms with Crippen molar-refractivity contribution < 1.29 is 19.0 Å². The minimum atomic E-state index is -0.260. The fourth-order valence-electron chi connectivity index (χ4n) is 1.82. The molecule has 0 N–H and O–H groups in total. The highest BCUT2D eigenvalue weighted by Gasteiger charge is 2.14. The molecule has 0 bridgehead atoms. The van der Waals surface area contributed by atoms with Crippen LogP contribution < -0.4 is 9.47 Å². The fraction of sp³-hybridized carbons (Fsp3) is 0.562. The highest BCUT2D eigenvalue weighted by molar-refractivity contribution is 6.32. The number of halogens is 1. The van der Waals surface area contributed by atoms with Crippen molar-refractivity contribution in [2.24, 2.45) is 0 Å². The molecule has 21 heavy (non-hydrogen) atoms. The molecule has 0 spiro atoms. The first-order valence-corrected chi connectivity index (χ1v) is 7.43. The lowest BCUT2D eigenvalue weighted by Gasteiger charge is -2.18. The molecule has 1 aromatic rings. The first-order chi connectivity index (χ1) is 9.83. The SMILES string of the molecule is COC(=O)CCc1cc(Cl)c(OC(C)C)cc1OC(C)C. The summed E-state index contributed by atoms with van der Waals surface area (Å²) in [5, 5.41) is 0.514. The van der Waals surface area contributed by atoms with Crippen LogP contribution in [0.25, 0.3) is 0 Å².